The molecule has 0 spiro atoms. The van der Waals surface area contributed by atoms with Crippen LogP contribution in [0, 0.1) is 6.92 Å². The highest BCUT2D eigenvalue weighted by atomic mass is 16.1. The average Bonchev–Trinajstić information content (AvgIpc) is 2.91. The van der Waals surface area contributed by atoms with Crippen molar-refractivity contribution in [1.82, 2.24) is 19.7 Å². The molecule has 0 radical (unpaired) electrons. The highest BCUT2D eigenvalue weighted by Gasteiger charge is 2.17. The minimum atomic E-state index is -0.105. The van der Waals surface area contributed by atoms with Crippen molar-refractivity contribution in [2.45, 2.75) is 26.8 Å². The van der Waals surface area contributed by atoms with E-state index < -0.39 is 0 Å². The summed E-state index contributed by atoms with van der Waals surface area (Å²) in [7, 11) is 0. The summed E-state index contributed by atoms with van der Waals surface area (Å²) < 4.78 is 1.87. The number of carbonyl (C=O) groups excluding carboxylic acids is 1. The van der Waals surface area contributed by atoms with E-state index in [9.17, 15) is 4.79 Å². The van der Waals surface area contributed by atoms with Gasteiger partial charge in [-0.05, 0) is 42.7 Å². The summed E-state index contributed by atoms with van der Waals surface area (Å²) in [5.74, 6) is -0.105. The molecule has 3 rings (SSSR count). The summed E-state index contributed by atoms with van der Waals surface area (Å²) in [5, 5.41) is 2.96. The third-order valence-electron chi connectivity index (χ3n) is 3.59. The summed E-state index contributed by atoms with van der Waals surface area (Å²) in [6.45, 7) is 4.49. The zero-order valence-corrected chi connectivity index (χ0v) is 12.7. The van der Waals surface area contributed by atoms with Crippen LogP contribution in [0.4, 0.5) is 0 Å². The van der Waals surface area contributed by atoms with Crippen molar-refractivity contribution in [1.29, 1.82) is 0 Å². The summed E-state index contributed by atoms with van der Waals surface area (Å²) in [4.78, 5) is 21.1. The lowest BCUT2D eigenvalue weighted by molar-refractivity contribution is 0.0944. The molecule has 0 aliphatic heterocycles. The molecule has 0 aliphatic rings. The van der Waals surface area contributed by atoms with E-state index >= 15 is 0 Å². The molecule has 0 bridgehead atoms. The normalized spacial score (nSPS) is 10.8. The molecule has 0 atom stereocenters. The molecule has 3 aromatic rings. The summed E-state index contributed by atoms with van der Waals surface area (Å²) in [5.41, 5.74) is 4.35. The second-order valence-corrected chi connectivity index (χ2v) is 5.23. The molecule has 1 amide bonds. The predicted molar refractivity (Wildman–Crippen MR) is 84.7 cm³/mol. The van der Waals surface area contributed by atoms with Crippen LogP contribution in [0.3, 0.4) is 0 Å². The van der Waals surface area contributed by atoms with Crippen molar-refractivity contribution < 1.29 is 4.79 Å². The SMILES string of the molecule is CCc1nc2ccc(C)cn2c1C(=O)NCc1ccncc1. The predicted octanol–water partition coefficient (Wildman–Crippen LogP) is 2.53. The highest BCUT2D eigenvalue weighted by molar-refractivity contribution is 5.94. The molecule has 0 aliphatic carbocycles. The van der Waals surface area contributed by atoms with Crippen molar-refractivity contribution >= 4 is 11.6 Å². The number of aromatic nitrogens is 3. The second kappa shape index (κ2) is 5.97. The van der Waals surface area contributed by atoms with Gasteiger partial charge in [-0.25, -0.2) is 4.98 Å². The molecule has 3 heterocycles. The quantitative estimate of drug-likeness (QED) is 0.804. The number of hydrogen-bond donors (Lipinski definition) is 1. The van der Waals surface area contributed by atoms with E-state index in [1.807, 2.05) is 48.7 Å². The molecule has 3 aromatic heterocycles. The Morgan fingerprint density at radius 3 is 2.73 bits per heavy atom. The van der Waals surface area contributed by atoms with Gasteiger partial charge in [0, 0.05) is 25.1 Å². The van der Waals surface area contributed by atoms with E-state index in [0.717, 1.165) is 28.9 Å². The van der Waals surface area contributed by atoms with Crippen LogP contribution in [0.25, 0.3) is 5.65 Å². The molecule has 1 N–H and O–H groups in total. The van der Waals surface area contributed by atoms with Crippen LogP contribution in [-0.2, 0) is 13.0 Å². The standard InChI is InChI=1S/C17H18N4O/c1-3-14-16(21-11-12(2)4-5-15(21)20-14)17(22)19-10-13-6-8-18-9-7-13/h4-9,11H,3,10H2,1-2H3,(H,19,22). The lowest BCUT2D eigenvalue weighted by Crippen LogP contribution is -2.25. The molecular weight excluding hydrogens is 276 g/mol. The Balaban J connectivity index is 1.91. The summed E-state index contributed by atoms with van der Waals surface area (Å²) in [6.07, 6.45) is 6.11. The number of hydrogen-bond acceptors (Lipinski definition) is 3. The molecule has 0 saturated carbocycles. The van der Waals surface area contributed by atoms with E-state index in [0.29, 0.717) is 12.2 Å². The summed E-state index contributed by atoms with van der Waals surface area (Å²) >= 11 is 0. The first kappa shape index (κ1) is 14.3. The number of amides is 1. The zero-order valence-electron chi connectivity index (χ0n) is 12.7. The highest BCUT2D eigenvalue weighted by Crippen LogP contribution is 2.15. The van der Waals surface area contributed by atoms with Crippen LogP contribution in [0.15, 0.2) is 42.9 Å². The molecule has 0 aromatic carbocycles. The van der Waals surface area contributed by atoms with Gasteiger partial charge in [0.1, 0.15) is 11.3 Å². The van der Waals surface area contributed by atoms with Crippen LogP contribution in [-0.4, -0.2) is 20.3 Å². The van der Waals surface area contributed by atoms with Crippen molar-refractivity contribution in [2.24, 2.45) is 0 Å². The van der Waals surface area contributed by atoms with Gasteiger partial charge in [0.25, 0.3) is 5.91 Å². The minimum absolute atomic E-state index is 0.105. The van der Waals surface area contributed by atoms with Crippen LogP contribution in [0.1, 0.15) is 34.2 Å². The van der Waals surface area contributed by atoms with Crippen LogP contribution in [0.2, 0.25) is 0 Å². The number of imidazole rings is 1. The van der Waals surface area contributed by atoms with Gasteiger partial charge in [-0.15, -0.1) is 0 Å². The number of nitrogens with zero attached hydrogens (tertiary/aromatic N) is 3. The Morgan fingerprint density at radius 2 is 2.00 bits per heavy atom. The Kier molecular flexibility index (Phi) is 3.87. The third kappa shape index (κ3) is 2.70. The maximum atomic E-state index is 12.6. The number of rotatable bonds is 4. The Morgan fingerprint density at radius 1 is 1.23 bits per heavy atom. The molecule has 0 unspecified atom stereocenters. The fourth-order valence-corrected chi connectivity index (χ4v) is 2.45. The summed E-state index contributed by atoms with van der Waals surface area (Å²) in [6, 6.07) is 7.72. The number of pyridine rings is 2. The maximum Gasteiger partial charge on any atom is 0.270 e. The smallest absolute Gasteiger partial charge is 0.270 e. The number of nitrogens with one attached hydrogen (secondary N) is 1. The molecule has 5 heteroatoms. The van der Waals surface area contributed by atoms with Gasteiger partial charge in [-0.3, -0.25) is 14.2 Å². The molecule has 5 nitrogen and oxygen atoms in total. The van der Waals surface area contributed by atoms with Crippen LogP contribution >= 0.6 is 0 Å². The fraction of sp³-hybridized carbons (Fsp3) is 0.235. The van der Waals surface area contributed by atoms with Gasteiger partial charge >= 0.3 is 0 Å². The van der Waals surface area contributed by atoms with Gasteiger partial charge in [0.05, 0.1) is 5.69 Å². The number of aryl methyl sites for hydroxylation is 2. The minimum Gasteiger partial charge on any atom is -0.347 e. The molecule has 0 saturated heterocycles. The van der Waals surface area contributed by atoms with Gasteiger partial charge in [-0.1, -0.05) is 13.0 Å². The van der Waals surface area contributed by atoms with E-state index in [1.165, 1.54) is 0 Å². The largest absolute Gasteiger partial charge is 0.347 e. The first-order valence-electron chi connectivity index (χ1n) is 7.33. The van der Waals surface area contributed by atoms with Gasteiger partial charge in [0.15, 0.2) is 0 Å². The maximum absolute atomic E-state index is 12.6. The van der Waals surface area contributed by atoms with Crippen LogP contribution < -0.4 is 5.32 Å². The molecule has 22 heavy (non-hydrogen) atoms. The first-order chi connectivity index (χ1) is 10.7. The number of fused-ring (bicyclic) bond motifs is 1. The Labute approximate surface area is 129 Å². The van der Waals surface area contributed by atoms with E-state index in [1.54, 1.807) is 12.4 Å². The van der Waals surface area contributed by atoms with Crippen molar-refractivity contribution in [3.05, 3.63) is 65.4 Å². The van der Waals surface area contributed by atoms with Gasteiger partial charge in [-0.2, -0.15) is 0 Å². The molecule has 0 fully saturated rings. The van der Waals surface area contributed by atoms with Crippen LogP contribution in [0.5, 0.6) is 0 Å². The van der Waals surface area contributed by atoms with E-state index in [4.69, 9.17) is 0 Å². The molecular formula is C17H18N4O. The van der Waals surface area contributed by atoms with Crippen molar-refractivity contribution in [3.8, 4) is 0 Å². The van der Waals surface area contributed by atoms with E-state index in [2.05, 4.69) is 15.3 Å². The monoisotopic (exact) mass is 294 g/mol. The fourth-order valence-electron chi connectivity index (χ4n) is 2.45. The molecule has 112 valence electrons. The Hall–Kier alpha value is -2.69. The number of carbonyl (C=O) groups is 1. The van der Waals surface area contributed by atoms with Crippen molar-refractivity contribution in [3.63, 3.8) is 0 Å². The lowest BCUT2D eigenvalue weighted by atomic mass is 10.2. The van der Waals surface area contributed by atoms with E-state index in [-0.39, 0.29) is 5.91 Å². The van der Waals surface area contributed by atoms with Gasteiger partial charge < -0.3 is 5.32 Å². The topological polar surface area (TPSA) is 59.3 Å². The third-order valence-corrected chi connectivity index (χ3v) is 3.59. The first-order valence-corrected chi connectivity index (χ1v) is 7.33. The van der Waals surface area contributed by atoms with Crippen molar-refractivity contribution in [2.75, 3.05) is 0 Å². The average molecular weight is 294 g/mol. The zero-order chi connectivity index (χ0) is 15.5. The lowest BCUT2D eigenvalue weighted by Gasteiger charge is -2.07. The Bertz CT molecular complexity index is 808. The van der Waals surface area contributed by atoms with Gasteiger partial charge in [0.2, 0.25) is 0 Å². The second-order valence-electron chi connectivity index (χ2n) is 5.23.